The van der Waals surface area contributed by atoms with Crippen molar-refractivity contribution in [2.75, 3.05) is 32.8 Å². The summed E-state index contributed by atoms with van der Waals surface area (Å²) in [6, 6.07) is 17.0. The summed E-state index contributed by atoms with van der Waals surface area (Å²) < 4.78 is 6.26. The second-order valence-electron chi connectivity index (χ2n) is 15.0. The van der Waals surface area contributed by atoms with Crippen molar-refractivity contribution in [2.24, 2.45) is 10.4 Å². The quantitative estimate of drug-likeness (QED) is 0.270. The molecule has 0 saturated carbocycles. The van der Waals surface area contributed by atoms with Crippen LogP contribution in [0.1, 0.15) is 84.7 Å². The molecular weight excluding hydrogens is 645 g/mol. The molecule has 8 nitrogen and oxygen atoms in total. The van der Waals surface area contributed by atoms with Gasteiger partial charge in [-0.2, -0.15) is 0 Å². The maximum atomic E-state index is 15.1. The van der Waals surface area contributed by atoms with E-state index in [0.29, 0.717) is 60.0 Å². The zero-order valence-electron chi connectivity index (χ0n) is 29.5. The van der Waals surface area contributed by atoms with Crippen LogP contribution in [-0.2, 0) is 21.3 Å². The van der Waals surface area contributed by atoms with Crippen LogP contribution in [0.2, 0.25) is 10.0 Å². The molecule has 0 aliphatic carbocycles. The van der Waals surface area contributed by atoms with Gasteiger partial charge in [-0.15, -0.1) is 0 Å². The number of carbonyl (C=O) groups excluding carboxylic acids is 2. The third-order valence-electron chi connectivity index (χ3n) is 9.59. The molecule has 1 saturated heterocycles. The highest BCUT2D eigenvalue weighted by Gasteiger charge is 2.60. The first kappa shape index (κ1) is 35.7. The molecule has 0 radical (unpaired) electrons. The summed E-state index contributed by atoms with van der Waals surface area (Å²) in [6.07, 6.45) is 1.78. The van der Waals surface area contributed by atoms with Crippen LogP contribution in [-0.4, -0.2) is 70.2 Å². The van der Waals surface area contributed by atoms with Crippen molar-refractivity contribution in [3.05, 3.63) is 93.2 Å². The standard InChI is InChI=1S/C38H47Cl2N5O3/c1-10-48-30-23-31(35(2,3)4)41-24-29(30)32-42-37(8,25-11-15-27(39)16-12-25)38(9,26-13-17-28(40)18-14-26)45(32)34(47)44-21-19-43(20-22-44)33(46)36(5,6)7/h11-18,23-24H,10,19-22H2,1-9H3/t37-,38+/m0/s1. The molecule has 48 heavy (non-hydrogen) atoms. The summed E-state index contributed by atoms with van der Waals surface area (Å²) in [7, 11) is 0. The molecule has 1 fully saturated rings. The number of benzene rings is 2. The highest BCUT2D eigenvalue weighted by molar-refractivity contribution is 6.30. The third-order valence-corrected chi connectivity index (χ3v) is 10.1. The first-order valence-electron chi connectivity index (χ1n) is 16.6. The molecule has 0 spiro atoms. The maximum absolute atomic E-state index is 15.1. The van der Waals surface area contributed by atoms with Gasteiger partial charge in [0.2, 0.25) is 5.91 Å². The van der Waals surface area contributed by atoms with Gasteiger partial charge in [0.1, 0.15) is 22.7 Å². The van der Waals surface area contributed by atoms with Crippen molar-refractivity contribution in [1.82, 2.24) is 19.7 Å². The molecule has 5 rings (SSSR count). The Labute approximate surface area is 295 Å². The third kappa shape index (κ3) is 6.41. The van der Waals surface area contributed by atoms with E-state index in [1.165, 1.54) is 0 Å². The maximum Gasteiger partial charge on any atom is 0.326 e. The number of amidine groups is 1. The highest BCUT2D eigenvalue weighted by atomic mass is 35.5. The van der Waals surface area contributed by atoms with E-state index in [-0.39, 0.29) is 17.4 Å². The Kier molecular flexibility index (Phi) is 9.67. The number of hydrogen-bond acceptors (Lipinski definition) is 5. The summed E-state index contributed by atoms with van der Waals surface area (Å²) >= 11 is 12.8. The number of halogens is 2. The molecular formula is C38H47Cl2N5O3. The molecule has 256 valence electrons. The van der Waals surface area contributed by atoms with Crippen LogP contribution in [0.5, 0.6) is 5.75 Å². The van der Waals surface area contributed by atoms with E-state index >= 15 is 4.79 Å². The van der Waals surface area contributed by atoms with Gasteiger partial charge in [-0.3, -0.25) is 19.7 Å². The number of piperazine rings is 1. The minimum absolute atomic E-state index is 0.0747. The van der Waals surface area contributed by atoms with Gasteiger partial charge in [0, 0.05) is 65.0 Å². The fourth-order valence-electron chi connectivity index (χ4n) is 6.57. The van der Waals surface area contributed by atoms with Crippen LogP contribution >= 0.6 is 23.2 Å². The Morgan fingerprint density at radius 1 is 0.833 bits per heavy atom. The van der Waals surface area contributed by atoms with Crippen LogP contribution < -0.4 is 4.74 Å². The number of hydrogen-bond donors (Lipinski definition) is 0. The first-order valence-corrected chi connectivity index (χ1v) is 17.3. The highest BCUT2D eigenvalue weighted by Crippen LogP contribution is 2.54. The van der Waals surface area contributed by atoms with Crippen LogP contribution in [0.4, 0.5) is 4.79 Å². The summed E-state index contributed by atoms with van der Waals surface area (Å²) in [5, 5.41) is 1.20. The van der Waals surface area contributed by atoms with Crippen molar-refractivity contribution in [3.63, 3.8) is 0 Å². The van der Waals surface area contributed by atoms with E-state index < -0.39 is 16.5 Å². The molecule has 1 aromatic heterocycles. The van der Waals surface area contributed by atoms with Gasteiger partial charge in [-0.25, -0.2) is 4.79 Å². The molecule has 2 aliphatic rings. The molecule has 0 N–H and O–H groups in total. The average Bonchev–Trinajstić information content (AvgIpc) is 3.28. The van der Waals surface area contributed by atoms with Crippen molar-refractivity contribution in [2.45, 2.75) is 78.8 Å². The van der Waals surface area contributed by atoms with Crippen LogP contribution in [0.25, 0.3) is 0 Å². The van der Waals surface area contributed by atoms with Crippen LogP contribution in [0.15, 0.2) is 65.8 Å². The van der Waals surface area contributed by atoms with Gasteiger partial charge < -0.3 is 14.5 Å². The molecule has 0 bridgehead atoms. The summed E-state index contributed by atoms with van der Waals surface area (Å²) in [5.74, 6) is 1.14. The molecule has 2 aromatic carbocycles. The van der Waals surface area contributed by atoms with Gasteiger partial charge >= 0.3 is 6.03 Å². The van der Waals surface area contributed by atoms with Crippen molar-refractivity contribution in [1.29, 1.82) is 0 Å². The lowest BCUT2D eigenvalue weighted by Gasteiger charge is -2.47. The number of nitrogens with zero attached hydrogens (tertiary/aromatic N) is 5. The van der Waals surface area contributed by atoms with Gasteiger partial charge in [0.05, 0.1) is 12.2 Å². The zero-order valence-corrected chi connectivity index (χ0v) is 31.0. The van der Waals surface area contributed by atoms with Crippen LogP contribution in [0.3, 0.4) is 0 Å². The van der Waals surface area contributed by atoms with Gasteiger partial charge in [-0.1, -0.05) is 89.0 Å². The second-order valence-corrected chi connectivity index (χ2v) is 15.9. The number of carbonyl (C=O) groups is 2. The Balaban J connectivity index is 1.72. The normalized spacial score (nSPS) is 21.7. The SMILES string of the molecule is CCOc1cc(C(C)(C)C)ncc1C1=N[C@@](C)(c2ccc(Cl)cc2)[C@@](C)(c2ccc(Cl)cc2)N1C(=O)N1CCN(C(=O)C(C)(C)C)CC1. The number of pyridine rings is 1. The largest absolute Gasteiger partial charge is 0.493 e. The molecule has 3 aromatic rings. The summed E-state index contributed by atoms with van der Waals surface area (Å²) in [6.45, 7) is 20.2. The number of aliphatic imine (C=N–C) groups is 1. The lowest BCUT2D eigenvalue weighted by atomic mass is 9.71. The van der Waals surface area contributed by atoms with E-state index in [2.05, 4.69) is 34.6 Å². The average molecular weight is 693 g/mol. The topological polar surface area (TPSA) is 78.3 Å². The predicted molar refractivity (Wildman–Crippen MR) is 193 cm³/mol. The van der Waals surface area contributed by atoms with Crippen molar-refractivity contribution < 1.29 is 14.3 Å². The van der Waals surface area contributed by atoms with E-state index in [1.54, 1.807) is 6.20 Å². The van der Waals surface area contributed by atoms with E-state index in [0.717, 1.165) is 16.8 Å². The van der Waals surface area contributed by atoms with Crippen LogP contribution in [0, 0.1) is 5.41 Å². The molecule has 0 unspecified atom stereocenters. The molecule has 3 heterocycles. The first-order chi connectivity index (χ1) is 22.4. The monoisotopic (exact) mass is 691 g/mol. The molecule has 3 amide bonds. The van der Waals surface area contributed by atoms with Gasteiger partial charge in [0.25, 0.3) is 0 Å². The van der Waals surface area contributed by atoms with Gasteiger partial charge in [0.15, 0.2) is 0 Å². The van der Waals surface area contributed by atoms with Gasteiger partial charge in [-0.05, 0) is 56.2 Å². The lowest BCUT2D eigenvalue weighted by Crippen LogP contribution is -2.61. The van der Waals surface area contributed by atoms with E-state index in [1.807, 2.05) is 97.0 Å². The smallest absolute Gasteiger partial charge is 0.326 e. The molecule has 2 atom stereocenters. The zero-order chi connectivity index (χ0) is 35.2. The number of urea groups is 1. The molecule has 2 aliphatic heterocycles. The number of aromatic nitrogens is 1. The Hall–Kier alpha value is -3.62. The fraction of sp³-hybridized carbons (Fsp3) is 0.474. The van der Waals surface area contributed by atoms with Crippen molar-refractivity contribution in [3.8, 4) is 5.75 Å². The lowest BCUT2D eigenvalue weighted by molar-refractivity contribution is -0.141. The fourth-order valence-corrected chi connectivity index (χ4v) is 6.83. The number of ether oxygens (including phenoxy) is 1. The van der Waals surface area contributed by atoms with E-state index in [9.17, 15) is 4.79 Å². The Morgan fingerprint density at radius 2 is 1.35 bits per heavy atom. The Bertz CT molecular complexity index is 1700. The number of amides is 3. The van der Waals surface area contributed by atoms with Crippen molar-refractivity contribution >= 4 is 41.0 Å². The number of rotatable bonds is 5. The Morgan fingerprint density at radius 3 is 1.85 bits per heavy atom. The minimum atomic E-state index is -1.04. The summed E-state index contributed by atoms with van der Waals surface area (Å²) in [4.78, 5) is 44.1. The summed E-state index contributed by atoms with van der Waals surface area (Å²) in [5.41, 5.74) is 0.484. The predicted octanol–water partition coefficient (Wildman–Crippen LogP) is 8.29. The minimum Gasteiger partial charge on any atom is -0.493 e. The second kappa shape index (κ2) is 13.0. The molecule has 10 heteroatoms. The van der Waals surface area contributed by atoms with E-state index in [4.69, 9.17) is 37.9 Å².